The lowest BCUT2D eigenvalue weighted by Crippen LogP contribution is -2.46. The van der Waals surface area contributed by atoms with Crippen LogP contribution < -0.4 is 5.32 Å². The van der Waals surface area contributed by atoms with Crippen molar-refractivity contribution in [2.24, 2.45) is 0 Å². The van der Waals surface area contributed by atoms with Crippen molar-refractivity contribution in [3.63, 3.8) is 0 Å². The zero-order chi connectivity index (χ0) is 42.4. The molecule has 0 aromatic rings. The van der Waals surface area contributed by atoms with E-state index in [2.05, 4.69) is 74.7 Å². The number of aliphatic hydroxyl groups excluding tert-OH is 2. The molecule has 0 aromatic heterocycles. The fourth-order valence-electron chi connectivity index (χ4n) is 7.17. The normalized spacial score (nSPS) is 13.8. The SMILES string of the molecule is CC/C=C/C=C/C=C\CCCCCC(CC(=O)NC(CO)C(O)CCCCCCCCCCC)OC(=O)CCCCCCCCCCC/C=C\C/C=C\CCCCC. The van der Waals surface area contributed by atoms with Crippen molar-refractivity contribution < 1.29 is 24.5 Å². The molecule has 0 fully saturated rings. The number of hydrogen-bond acceptors (Lipinski definition) is 5. The van der Waals surface area contributed by atoms with Gasteiger partial charge in [0.15, 0.2) is 0 Å². The predicted molar refractivity (Wildman–Crippen MR) is 250 cm³/mol. The second-order valence-corrected chi connectivity index (χ2v) is 16.5. The van der Waals surface area contributed by atoms with Gasteiger partial charge in [0.2, 0.25) is 5.91 Å². The minimum Gasteiger partial charge on any atom is -0.462 e. The summed E-state index contributed by atoms with van der Waals surface area (Å²) >= 11 is 0. The Labute approximate surface area is 358 Å². The standard InChI is InChI=1S/C52H93NO5/c1-4-7-10-13-16-19-21-22-23-24-25-26-27-28-30-33-36-39-42-45-52(57)58-48(43-40-37-34-32-29-20-17-14-11-8-5-2)46-51(56)53-49(47-54)50(55)44-41-38-35-31-18-15-12-9-6-3/h8,11,14,16-17,19-20,22-23,29,48-50,54-55H,4-7,9-10,12-13,15,18,21,24-28,30-47H2,1-3H3,(H,53,56)/b11-8+,17-14+,19-16-,23-22-,29-20-. The van der Waals surface area contributed by atoms with Crippen molar-refractivity contribution in [2.75, 3.05) is 6.61 Å². The van der Waals surface area contributed by atoms with Gasteiger partial charge >= 0.3 is 5.97 Å². The molecule has 3 unspecified atom stereocenters. The van der Waals surface area contributed by atoms with E-state index in [-0.39, 0.29) is 24.9 Å². The highest BCUT2D eigenvalue weighted by Gasteiger charge is 2.24. The smallest absolute Gasteiger partial charge is 0.306 e. The Morgan fingerprint density at radius 1 is 0.534 bits per heavy atom. The van der Waals surface area contributed by atoms with Gasteiger partial charge in [0.1, 0.15) is 6.10 Å². The molecule has 0 saturated carbocycles. The first kappa shape index (κ1) is 55.6. The highest BCUT2D eigenvalue weighted by molar-refractivity contribution is 5.77. The Morgan fingerprint density at radius 2 is 1.00 bits per heavy atom. The summed E-state index contributed by atoms with van der Waals surface area (Å²) in [6, 6.07) is -0.712. The van der Waals surface area contributed by atoms with Crippen LogP contribution in [0.15, 0.2) is 60.8 Å². The topological polar surface area (TPSA) is 95.9 Å². The zero-order valence-corrected chi connectivity index (χ0v) is 38.2. The van der Waals surface area contributed by atoms with Crippen LogP contribution in [0.5, 0.6) is 0 Å². The third kappa shape index (κ3) is 40.3. The molecule has 58 heavy (non-hydrogen) atoms. The molecule has 0 rings (SSSR count). The van der Waals surface area contributed by atoms with Crippen LogP contribution in [0.2, 0.25) is 0 Å². The molecule has 0 saturated heterocycles. The quantitative estimate of drug-likeness (QED) is 0.0247. The third-order valence-corrected chi connectivity index (χ3v) is 10.9. The number of unbranched alkanes of at least 4 members (excludes halogenated alkanes) is 23. The summed E-state index contributed by atoms with van der Waals surface area (Å²) in [5.74, 6) is -0.516. The maximum Gasteiger partial charge on any atom is 0.306 e. The van der Waals surface area contributed by atoms with E-state index in [0.717, 1.165) is 77.0 Å². The summed E-state index contributed by atoms with van der Waals surface area (Å²) < 4.78 is 5.90. The van der Waals surface area contributed by atoms with Crippen molar-refractivity contribution >= 4 is 11.9 Å². The molecule has 336 valence electrons. The first-order valence-corrected chi connectivity index (χ1v) is 24.5. The summed E-state index contributed by atoms with van der Waals surface area (Å²) in [7, 11) is 0. The van der Waals surface area contributed by atoms with Crippen LogP contribution in [0.4, 0.5) is 0 Å². The minimum absolute atomic E-state index is 0.0514. The lowest BCUT2D eigenvalue weighted by molar-refractivity contribution is -0.151. The fraction of sp³-hybridized carbons (Fsp3) is 0.769. The molecule has 0 radical (unpaired) electrons. The highest BCUT2D eigenvalue weighted by Crippen LogP contribution is 2.17. The Hall–Kier alpha value is -2.44. The van der Waals surface area contributed by atoms with Crippen LogP contribution in [0.3, 0.4) is 0 Å². The monoisotopic (exact) mass is 812 g/mol. The van der Waals surface area contributed by atoms with E-state index in [1.165, 1.54) is 109 Å². The van der Waals surface area contributed by atoms with Gasteiger partial charge in [-0.3, -0.25) is 9.59 Å². The second kappa shape index (κ2) is 45.6. The molecule has 0 aromatic carbocycles. The average Bonchev–Trinajstić information content (AvgIpc) is 3.22. The van der Waals surface area contributed by atoms with Gasteiger partial charge < -0.3 is 20.3 Å². The van der Waals surface area contributed by atoms with Crippen LogP contribution in [-0.4, -0.2) is 46.9 Å². The molecule has 6 heteroatoms. The molecule has 3 atom stereocenters. The van der Waals surface area contributed by atoms with Gasteiger partial charge in [-0.15, -0.1) is 0 Å². The zero-order valence-electron chi connectivity index (χ0n) is 38.2. The third-order valence-electron chi connectivity index (χ3n) is 10.9. The minimum atomic E-state index is -0.796. The van der Waals surface area contributed by atoms with Crippen LogP contribution in [0, 0.1) is 0 Å². The van der Waals surface area contributed by atoms with Crippen molar-refractivity contribution in [2.45, 2.75) is 251 Å². The molecule has 0 heterocycles. The van der Waals surface area contributed by atoms with Crippen LogP contribution in [0.1, 0.15) is 233 Å². The molecule has 6 nitrogen and oxygen atoms in total. The van der Waals surface area contributed by atoms with E-state index >= 15 is 0 Å². The number of esters is 1. The number of carbonyl (C=O) groups is 2. The number of rotatable bonds is 43. The lowest BCUT2D eigenvalue weighted by atomic mass is 10.0. The summed E-state index contributed by atoms with van der Waals surface area (Å²) in [6.45, 7) is 6.29. The highest BCUT2D eigenvalue weighted by atomic mass is 16.5. The molecule has 0 aliphatic carbocycles. The molecular weight excluding hydrogens is 719 g/mol. The molecule has 0 aliphatic heterocycles. The van der Waals surface area contributed by atoms with Gasteiger partial charge in [-0.1, -0.05) is 204 Å². The number of aliphatic hydroxyl groups is 2. The Kier molecular flexibility index (Phi) is 43.7. The van der Waals surface area contributed by atoms with Crippen molar-refractivity contribution in [1.82, 2.24) is 5.32 Å². The van der Waals surface area contributed by atoms with E-state index < -0.39 is 18.2 Å². The van der Waals surface area contributed by atoms with Crippen molar-refractivity contribution in [3.8, 4) is 0 Å². The Balaban J connectivity index is 4.52. The molecule has 3 N–H and O–H groups in total. The average molecular weight is 812 g/mol. The van der Waals surface area contributed by atoms with Crippen LogP contribution in [0.25, 0.3) is 0 Å². The number of ether oxygens (including phenoxy) is 1. The number of allylic oxidation sites excluding steroid dienone is 10. The number of nitrogens with one attached hydrogen (secondary N) is 1. The van der Waals surface area contributed by atoms with Gasteiger partial charge in [-0.25, -0.2) is 0 Å². The second-order valence-electron chi connectivity index (χ2n) is 16.5. The summed E-state index contributed by atoms with van der Waals surface area (Å²) in [6.07, 6.45) is 55.8. The number of amides is 1. The number of hydrogen-bond donors (Lipinski definition) is 3. The maximum absolute atomic E-state index is 13.1. The Morgan fingerprint density at radius 3 is 1.59 bits per heavy atom. The van der Waals surface area contributed by atoms with Crippen molar-refractivity contribution in [1.29, 1.82) is 0 Å². The molecule has 1 amide bonds. The summed E-state index contributed by atoms with van der Waals surface area (Å²) in [4.78, 5) is 26.0. The fourth-order valence-corrected chi connectivity index (χ4v) is 7.17. The summed E-state index contributed by atoms with van der Waals surface area (Å²) in [5, 5.41) is 23.6. The van der Waals surface area contributed by atoms with E-state index in [1.807, 2.05) is 12.2 Å². The van der Waals surface area contributed by atoms with Gasteiger partial charge in [0.05, 0.1) is 25.2 Å². The number of carbonyl (C=O) groups excluding carboxylic acids is 2. The molecule has 0 aliphatic rings. The van der Waals surface area contributed by atoms with E-state index in [9.17, 15) is 19.8 Å². The van der Waals surface area contributed by atoms with Crippen LogP contribution in [-0.2, 0) is 14.3 Å². The van der Waals surface area contributed by atoms with E-state index in [1.54, 1.807) is 0 Å². The molecular formula is C52H93NO5. The van der Waals surface area contributed by atoms with Gasteiger partial charge in [0, 0.05) is 6.42 Å². The predicted octanol–water partition coefficient (Wildman–Crippen LogP) is 14.5. The maximum atomic E-state index is 13.1. The van der Waals surface area contributed by atoms with Crippen molar-refractivity contribution in [3.05, 3.63) is 60.8 Å². The van der Waals surface area contributed by atoms with Gasteiger partial charge in [-0.05, 0) is 77.0 Å². The van der Waals surface area contributed by atoms with E-state index in [0.29, 0.717) is 19.3 Å². The largest absolute Gasteiger partial charge is 0.462 e. The Bertz CT molecular complexity index is 1050. The van der Waals surface area contributed by atoms with Crippen LogP contribution >= 0.6 is 0 Å². The first-order chi connectivity index (χ1) is 28.5. The van der Waals surface area contributed by atoms with Gasteiger partial charge in [0.25, 0.3) is 0 Å². The first-order valence-electron chi connectivity index (χ1n) is 24.5. The summed E-state index contributed by atoms with van der Waals surface area (Å²) in [5.41, 5.74) is 0. The van der Waals surface area contributed by atoms with E-state index in [4.69, 9.17) is 4.74 Å². The molecule has 0 spiro atoms. The van der Waals surface area contributed by atoms with Gasteiger partial charge in [-0.2, -0.15) is 0 Å². The lowest BCUT2D eigenvalue weighted by Gasteiger charge is -2.24. The molecule has 0 bridgehead atoms.